The van der Waals surface area contributed by atoms with Crippen molar-refractivity contribution in [2.45, 2.75) is 25.8 Å². The van der Waals surface area contributed by atoms with Crippen molar-refractivity contribution in [3.63, 3.8) is 0 Å². The molecule has 3 nitrogen and oxygen atoms in total. The van der Waals surface area contributed by atoms with Gasteiger partial charge in [-0.15, -0.1) is 0 Å². The lowest BCUT2D eigenvalue weighted by atomic mass is 10.0. The number of hydrogen-bond donors (Lipinski definition) is 0. The Balaban J connectivity index is 1.81. The molecule has 0 saturated carbocycles. The molecule has 2 aliphatic rings. The maximum atomic E-state index is 6.27. The second-order valence-corrected chi connectivity index (χ2v) is 6.47. The Labute approximate surface area is 138 Å². The average molecular weight is 308 g/mol. The predicted molar refractivity (Wildman–Crippen MR) is 94.4 cm³/mol. The lowest BCUT2D eigenvalue weighted by Gasteiger charge is -2.32. The van der Waals surface area contributed by atoms with Crippen LogP contribution in [0.4, 0.5) is 5.69 Å². The third-order valence-electron chi connectivity index (χ3n) is 4.89. The van der Waals surface area contributed by atoms with Crippen LogP contribution in [-0.4, -0.2) is 31.1 Å². The Bertz CT molecular complexity index is 685. The fourth-order valence-electron chi connectivity index (χ4n) is 3.88. The van der Waals surface area contributed by atoms with Gasteiger partial charge in [-0.3, -0.25) is 0 Å². The van der Waals surface area contributed by atoms with Gasteiger partial charge in [0.05, 0.1) is 11.7 Å². The molecule has 1 unspecified atom stereocenters. The molecule has 4 rings (SSSR count). The first-order valence-electron chi connectivity index (χ1n) is 8.71. The van der Waals surface area contributed by atoms with E-state index in [1.165, 1.54) is 37.2 Å². The van der Waals surface area contributed by atoms with E-state index in [-0.39, 0.29) is 0 Å². The van der Waals surface area contributed by atoms with Crippen molar-refractivity contribution in [3.05, 3.63) is 54.1 Å². The summed E-state index contributed by atoms with van der Waals surface area (Å²) in [7, 11) is 0. The minimum absolute atomic E-state index is 0.365. The minimum Gasteiger partial charge on any atom is -0.455 e. The van der Waals surface area contributed by atoms with Crippen LogP contribution in [0.1, 0.15) is 31.4 Å². The minimum atomic E-state index is 0.365. The van der Waals surface area contributed by atoms with Crippen molar-refractivity contribution in [2.75, 3.05) is 31.1 Å². The lowest BCUT2D eigenvalue weighted by molar-refractivity contribution is 0.273. The number of nitrogens with zero attached hydrogens (tertiary/aromatic N) is 2. The third kappa shape index (κ3) is 2.70. The van der Waals surface area contributed by atoms with E-state index in [2.05, 4.69) is 65.3 Å². The number of fused-ring (bicyclic) bond motifs is 5. The van der Waals surface area contributed by atoms with Gasteiger partial charge in [0.15, 0.2) is 5.75 Å². The van der Waals surface area contributed by atoms with Gasteiger partial charge in [0.2, 0.25) is 0 Å². The topological polar surface area (TPSA) is 15.7 Å². The van der Waals surface area contributed by atoms with E-state index < -0.39 is 0 Å². The number of para-hydroxylation sites is 3. The molecule has 1 atom stereocenters. The zero-order valence-electron chi connectivity index (χ0n) is 13.7. The van der Waals surface area contributed by atoms with Gasteiger partial charge in [-0.05, 0) is 44.1 Å². The summed E-state index contributed by atoms with van der Waals surface area (Å²) in [4.78, 5) is 5.16. The second-order valence-electron chi connectivity index (χ2n) is 6.47. The molecule has 23 heavy (non-hydrogen) atoms. The van der Waals surface area contributed by atoms with Crippen molar-refractivity contribution in [1.29, 1.82) is 0 Å². The molecule has 2 aliphatic heterocycles. The van der Waals surface area contributed by atoms with Crippen molar-refractivity contribution in [3.8, 4) is 11.5 Å². The molecule has 1 saturated heterocycles. The number of rotatable bonds is 2. The highest BCUT2D eigenvalue weighted by Crippen LogP contribution is 2.44. The van der Waals surface area contributed by atoms with E-state index in [4.69, 9.17) is 4.74 Å². The molecule has 0 aromatic heterocycles. The summed E-state index contributed by atoms with van der Waals surface area (Å²) < 4.78 is 6.27. The number of anilines is 1. The number of benzene rings is 2. The summed E-state index contributed by atoms with van der Waals surface area (Å²) in [5, 5.41) is 0. The van der Waals surface area contributed by atoms with Gasteiger partial charge in [-0.1, -0.05) is 37.3 Å². The lowest BCUT2D eigenvalue weighted by Crippen LogP contribution is -2.34. The van der Waals surface area contributed by atoms with Crippen molar-refractivity contribution in [2.24, 2.45) is 0 Å². The summed E-state index contributed by atoms with van der Waals surface area (Å²) >= 11 is 0. The van der Waals surface area contributed by atoms with Gasteiger partial charge in [0, 0.05) is 18.7 Å². The van der Waals surface area contributed by atoms with Gasteiger partial charge in [-0.25, -0.2) is 0 Å². The largest absolute Gasteiger partial charge is 0.455 e. The van der Waals surface area contributed by atoms with Crippen molar-refractivity contribution < 1.29 is 4.74 Å². The summed E-state index contributed by atoms with van der Waals surface area (Å²) in [6.07, 6.45) is 2.41. The van der Waals surface area contributed by atoms with E-state index >= 15 is 0 Å². The molecule has 0 radical (unpaired) electrons. The highest BCUT2D eigenvalue weighted by atomic mass is 16.5. The molecular weight excluding hydrogens is 284 g/mol. The summed E-state index contributed by atoms with van der Waals surface area (Å²) in [6.45, 7) is 6.78. The fraction of sp³-hybridized carbons (Fsp3) is 0.400. The van der Waals surface area contributed by atoms with Gasteiger partial charge in [0.25, 0.3) is 0 Å². The maximum Gasteiger partial charge on any atom is 0.150 e. The molecular formula is C20H24N2O. The molecule has 0 spiro atoms. The van der Waals surface area contributed by atoms with Crippen LogP contribution in [-0.2, 0) is 0 Å². The van der Waals surface area contributed by atoms with Gasteiger partial charge in [0.1, 0.15) is 5.75 Å². The maximum absolute atomic E-state index is 6.27. The van der Waals surface area contributed by atoms with Crippen LogP contribution in [0.25, 0.3) is 0 Å². The standard InChI is InChI=1S/C20H24N2O/c1-2-12-21-13-7-14-22-17-9-4-6-11-20(17)23-19-10-5-3-8-16(19)18(22)15-21/h3-6,8-11,18H,2,7,12-15H2,1H3. The van der Waals surface area contributed by atoms with Crippen molar-refractivity contribution >= 4 is 5.69 Å². The first kappa shape index (κ1) is 14.6. The molecule has 3 heteroatoms. The number of hydrogen-bond acceptors (Lipinski definition) is 3. The van der Waals surface area contributed by atoms with Crippen LogP contribution in [0.3, 0.4) is 0 Å². The fourth-order valence-corrected chi connectivity index (χ4v) is 3.88. The quantitative estimate of drug-likeness (QED) is 0.815. The molecule has 2 aromatic carbocycles. The Morgan fingerprint density at radius 2 is 1.78 bits per heavy atom. The van der Waals surface area contributed by atoms with Crippen LogP contribution < -0.4 is 9.64 Å². The molecule has 2 heterocycles. The second kappa shape index (κ2) is 6.25. The normalized spacial score (nSPS) is 20.6. The molecule has 0 bridgehead atoms. The smallest absolute Gasteiger partial charge is 0.150 e. The highest BCUT2D eigenvalue weighted by molar-refractivity contribution is 5.64. The monoisotopic (exact) mass is 308 g/mol. The first-order valence-corrected chi connectivity index (χ1v) is 8.71. The zero-order chi connectivity index (χ0) is 15.6. The Morgan fingerprint density at radius 3 is 2.65 bits per heavy atom. The first-order chi connectivity index (χ1) is 11.4. The molecule has 2 aromatic rings. The average Bonchev–Trinajstić information content (AvgIpc) is 2.85. The SMILES string of the molecule is CCCN1CCCN2c3ccccc3Oc3ccccc3C2C1. The summed E-state index contributed by atoms with van der Waals surface area (Å²) in [5.74, 6) is 1.98. The van der Waals surface area contributed by atoms with Crippen LogP contribution >= 0.6 is 0 Å². The molecule has 0 N–H and O–H groups in total. The van der Waals surface area contributed by atoms with Gasteiger partial charge >= 0.3 is 0 Å². The Kier molecular flexibility index (Phi) is 3.96. The van der Waals surface area contributed by atoms with Crippen LogP contribution in [0.15, 0.2) is 48.5 Å². The van der Waals surface area contributed by atoms with E-state index in [1.54, 1.807) is 0 Å². The van der Waals surface area contributed by atoms with Crippen LogP contribution in [0.2, 0.25) is 0 Å². The highest BCUT2D eigenvalue weighted by Gasteiger charge is 2.32. The summed E-state index contributed by atoms with van der Waals surface area (Å²) in [6, 6.07) is 17.4. The van der Waals surface area contributed by atoms with Crippen LogP contribution in [0.5, 0.6) is 11.5 Å². The molecule has 120 valence electrons. The predicted octanol–water partition coefficient (Wildman–Crippen LogP) is 4.46. The van der Waals surface area contributed by atoms with Crippen molar-refractivity contribution in [1.82, 2.24) is 4.90 Å². The zero-order valence-corrected chi connectivity index (χ0v) is 13.7. The third-order valence-corrected chi connectivity index (χ3v) is 4.89. The number of ether oxygens (including phenoxy) is 1. The molecule has 0 aliphatic carbocycles. The van der Waals surface area contributed by atoms with E-state index in [0.717, 1.165) is 24.6 Å². The van der Waals surface area contributed by atoms with Gasteiger partial charge < -0.3 is 14.5 Å². The van der Waals surface area contributed by atoms with E-state index in [9.17, 15) is 0 Å². The van der Waals surface area contributed by atoms with E-state index in [0.29, 0.717) is 6.04 Å². The summed E-state index contributed by atoms with van der Waals surface area (Å²) in [5.41, 5.74) is 2.54. The van der Waals surface area contributed by atoms with E-state index in [1.807, 2.05) is 0 Å². The molecule has 1 fully saturated rings. The Hall–Kier alpha value is -2.00. The van der Waals surface area contributed by atoms with Crippen LogP contribution in [0, 0.1) is 0 Å². The molecule has 0 amide bonds. The Morgan fingerprint density at radius 1 is 1.00 bits per heavy atom. The van der Waals surface area contributed by atoms with Gasteiger partial charge in [-0.2, -0.15) is 0 Å².